The first-order valence-corrected chi connectivity index (χ1v) is 8.65. The molecule has 2 aromatic heterocycles. The molecule has 3 rings (SSSR count). The quantitative estimate of drug-likeness (QED) is 0.880. The number of thiazole rings is 1. The lowest BCUT2D eigenvalue weighted by atomic mass is 9.85. The van der Waals surface area contributed by atoms with E-state index in [0.717, 1.165) is 11.6 Å². The number of aryl methyl sites for hydroxylation is 1. The second kappa shape index (κ2) is 6.27. The summed E-state index contributed by atoms with van der Waals surface area (Å²) < 4.78 is 2.27. The molecule has 7 heteroatoms. The minimum absolute atomic E-state index is 0.0652. The molecule has 1 fully saturated rings. The van der Waals surface area contributed by atoms with Gasteiger partial charge in [0.15, 0.2) is 0 Å². The van der Waals surface area contributed by atoms with Gasteiger partial charge < -0.3 is 5.32 Å². The zero-order valence-electron chi connectivity index (χ0n) is 11.8. The Morgan fingerprint density at radius 2 is 2.29 bits per heavy atom. The number of nitrogens with one attached hydrogen (secondary N) is 1. The van der Waals surface area contributed by atoms with Crippen LogP contribution in [0.5, 0.6) is 0 Å². The first-order valence-electron chi connectivity index (χ1n) is 7.04. The van der Waals surface area contributed by atoms with E-state index in [1.165, 1.54) is 24.1 Å². The molecule has 0 radical (unpaired) electrons. The van der Waals surface area contributed by atoms with Crippen LogP contribution >= 0.6 is 27.3 Å². The Hall–Kier alpha value is -1.21. The second-order valence-electron chi connectivity index (χ2n) is 5.37. The number of hydrogen-bond donors (Lipinski definition) is 1. The van der Waals surface area contributed by atoms with Crippen molar-refractivity contribution in [1.82, 2.24) is 14.8 Å². The van der Waals surface area contributed by atoms with E-state index in [-0.39, 0.29) is 5.56 Å². The lowest BCUT2D eigenvalue weighted by Crippen LogP contribution is -2.30. The van der Waals surface area contributed by atoms with E-state index in [0.29, 0.717) is 22.6 Å². The van der Waals surface area contributed by atoms with Crippen LogP contribution in [0.2, 0.25) is 0 Å². The molecule has 1 saturated carbocycles. The molecule has 0 unspecified atom stereocenters. The zero-order valence-corrected chi connectivity index (χ0v) is 14.2. The summed E-state index contributed by atoms with van der Waals surface area (Å²) in [5.41, 5.74) is 0.502. The minimum Gasteiger partial charge on any atom is -0.373 e. The molecule has 0 bridgehead atoms. The van der Waals surface area contributed by atoms with E-state index in [1.54, 1.807) is 22.2 Å². The van der Waals surface area contributed by atoms with Crippen LogP contribution in [-0.4, -0.2) is 14.8 Å². The number of nitrogens with zero attached hydrogens (tertiary/aromatic N) is 3. The summed E-state index contributed by atoms with van der Waals surface area (Å²) in [6.07, 6.45) is 7.20. The van der Waals surface area contributed by atoms with Crippen molar-refractivity contribution in [3.63, 3.8) is 0 Å². The summed E-state index contributed by atoms with van der Waals surface area (Å²) in [4.78, 5) is 18.0. The van der Waals surface area contributed by atoms with Crippen molar-refractivity contribution in [3.8, 4) is 0 Å². The van der Waals surface area contributed by atoms with Gasteiger partial charge in [-0.05, 0) is 41.6 Å². The van der Waals surface area contributed by atoms with E-state index >= 15 is 0 Å². The third-order valence-corrected chi connectivity index (χ3v) is 5.25. The molecule has 0 aromatic carbocycles. The first-order chi connectivity index (χ1) is 10.1. The van der Waals surface area contributed by atoms with Gasteiger partial charge in [-0.2, -0.15) is 5.10 Å². The third-order valence-electron chi connectivity index (χ3n) is 3.74. The molecule has 21 heavy (non-hydrogen) atoms. The van der Waals surface area contributed by atoms with Gasteiger partial charge in [0.25, 0.3) is 5.56 Å². The van der Waals surface area contributed by atoms with Gasteiger partial charge in [-0.3, -0.25) is 4.79 Å². The van der Waals surface area contributed by atoms with Gasteiger partial charge in [-0.1, -0.05) is 6.42 Å². The fraction of sp³-hybridized carbons (Fsp3) is 0.500. The lowest BCUT2D eigenvalue weighted by molar-refractivity contribution is 0.262. The number of halogens is 1. The standard InChI is InChI=1S/C14H17BrN4OS/c1-9-5-16-12(21-9)7-17-13-11(15)6-18-19(14(13)20)8-10-3-2-4-10/h5-6,10,17H,2-4,7-8H2,1H3. The molecule has 112 valence electrons. The molecule has 2 heterocycles. The Labute approximate surface area is 135 Å². The van der Waals surface area contributed by atoms with Crippen molar-refractivity contribution < 1.29 is 0 Å². The molecule has 1 aliphatic rings. The summed E-state index contributed by atoms with van der Waals surface area (Å²) in [7, 11) is 0. The van der Waals surface area contributed by atoms with Gasteiger partial charge >= 0.3 is 0 Å². The van der Waals surface area contributed by atoms with Crippen LogP contribution < -0.4 is 10.9 Å². The summed E-state index contributed by atoms with van der Waals surface area (Å²) in [5.74, 6) is 0.603. The van der Waals surface area contributed by atoms with E-state index in [9.17, 15) is 4.79 Å². The highest BCUT2D eigenvalue weighted by atomic mass is 79.9. The van der Waals surface area contributed by atoms with Crippen LogP contribution in [0, 0.1) is 12.8 Å². The molecule has 5 nitrogen and oxygen atoms in total. The van der Waals surface area contributed by atoms with Gasteiger partial charge in [0, 0.05) is 17.6 Å². The van der Waals surface area contributed by atoms with Crippen molar-refractivity contribution >= 4 is 33.0 Å². The van der Waals surface area contributed by atoms with E-state index in [2.05, 4.69) is 31.3 Å². The van der Waals surface area contributed by atoms with Gasteiger partial charge in [0.05, 0.1) is 17.2 Å². The average molecular weight is 369 g/mol. The van der Waals surface area contributed by atoms with Gasteiger partial charge in [-0.25, -0.2) is 9.67 Å². The fourth-order valence-electron chi connectivity index (χ4n) is 2.33. The van der Waals surface area contributed by atoms with Crippen molar-refractivity contribution in [2.75, 3.05) is 5.32 Å². The van der Waals surface area contributed by atoms with Crippen molar-refractivity contribution in [2.24, 2.45) is 5.92 Å². The second-order valence-corrected chi connectivity index (χ2v) is 7.54. The number of aromatic nitrogens is 3. The maximum absolute atomic E-state index is 12.5. The van der Waals surface area contributed by atoms with Crippen molar-refractivity contribution in [2.45, 2.75) is 39.3 Å². The SMILES string of the molecule is Cc1cnc(CNc2c(Br)cnn(CC3CCC3)c2=O)s1. The molecule has 1 aliphatic carbocycles. The van der Waals surface area contributed by atoms with Crippen molar-refractivity contribution in [1.29, 1.82) is 0 Å². The van der Waals surface area contributed by atoms with Crippen molar-refractivity contribution in [3.05, 3.63) is 37.1 Å². The highest BCUT2D eigenvalue weighted by Gasteiger charge is 2.20. The number of rotatable bonds is 5. The normalized spacial score (nSPS) is 15.0. The molecule has 0 amide bonds. The summed E-state index contributed by atoms with van der Waals surface area (Å²) >= 11 is 5.03. The monoisotopic (exact) mass is 368 g/mol. The molecule has 0 saturated heterocycles. The minimum atomic E-state index is -0.0652. The largest absolute Gasteiger partial charge is 0.373 e. The van der Waals surface area contributed by atoms with Gasteiger partial charge in [0.2, 0.25) is 0 Å². The summed E-state index contributed by atoms with van der Waals surface area (Å²) in [5, 5.41) is 8.39. The Morgan fingerprint density at radius 3 is 2.90 bits per heavy atom. The molecule has 0 spiro atoms. The first kappa shape index (κ1) is 14.7. The molecular formula is C14H17BrN4OS. The maximum Gasteiger partial charge on any atom is 0.291 e. The topological polar surface area (TPSA) is 59.8 Å². The van der Waals surface area contributed by atoms with Crippen LogP contribution in [0.3, 0.4) is 0 Å². The van der Waals surface area contributed by atoms with E-state index in [1.807, 2.05) is 13.1 Å². The Kier molecular flexibility index (Phi) is 4.40. The Balaban J connectivity index is 1.76. The number of anilines is 1. The highest BCUT2D eigenvalue weighted by molar-refractivity contribution is 9.10. The Bertz CT molecular complexity index is 693. The molecule has 0 aliphatic heterocycles. The highest BCUT2D eigenvalue weighted by Crippen LogP contribution is 2.27. The molecule has 2 aromatic rings. The predicted octanol–water partition coefficient (Wildman–Crippen LogP) is 3.18. The van der Waals surface area contributed by atoms with Crippen LogP contribution in [0.15, 0.2) is 21.7 Å². The van der Waals surface area contributed by atoms with E-state index in [4.69, 9.17) is 0 Å². The Morgan fingerprint density at radius 1 is 1.48 bits per heavy atom. The smallest absolute Gasteiger partial charge is 0.291 e. The molecular weight excluding hydrogens is 352 g/mol. The summed E-state index contributed by atoms with van der Waals surface area (Å²) in [6, 6.07) is 0. The van der Waals surface area contributed by atoms with Crippen LogP contribution in [-0.2, 0) is 13.1 Å². The zero-order chi connectivity index (χ0) is 14.8. The predicted molar refractivity (Wildman–Crippen MR) is 87.7 cm³/mol. The maximum atomic E-state index is 12.5. The van der Waals surface area contributed by atoms with Crippen LogP contribution in [0.25, 0.3) is 0 Å². The van der Waals surface area contributed by atoms with Gasteiger partial charge in [0.1, 0.15) is 10.7 Å². The van der Waals surface area contributed by atoms with Crippen LogP contribution in [0.4, 0.5) is 5.69 Å². The molecule has 1 N–H and O–H groups in total. The fourth-order valence-corrected chi connectivity index (χ4v) is 3.45. The lowest BCUT2D eigenvalue weighted by Gasteiger charge is -2.25. The van der Waals surface area contributed by atoms with E-state index < -0.39 is 0 Å². The van der Waals surface area contributed by atoms with Crippen LogP contribution in [0.1, 0.15) is 29.1 Å². The molecule has 0 atom stereocenters. The average Bonchev–Trinajstić information content (AvgIpc) is 2.81. The summed E-state index contributed by atoms with van der Waals surface area (Å²) in [6.45, 7) is 3.30. The third kappa shape index (κ3) is 3.35. The van der Waals surface area contributed by atoms with Gasteiger partial charge in [-0.15, -0.1) is 11.3 Å². The number of hydrogen-bond acceptors (Lipinski definition) is 5.